The van der Waals surface area contributed by atoms with E-state index >= 15 is 0 Å². The largest absolute Gasteiger partial charge is 0.466 e. The lowest BCUT2D eigenvalue weighted by Crippen LogP contribution is -2.28. The molecular formula is C26H24N4O7S. The normalized spacial score (nSPS) is 16.0. The van der Waals surface area contributed by atoms with Crippen LogP contribution >= 0.6 is 11.8 Å². The van der Waals surface area contributed by atoms with E-state index in [9.17, 15) is 19.2 Å². The molecule has 11 nitrogen and oxygen atoms in total. The third kappa shape index (κ3) is 6.95. The summed E-state index contributed by atoms with van der Waals surface area (Å²) in [5.41, 5.74) is 2.24. The number of nitrogens with zero attached hydrogens (tertiary/aromatic N) is 3. The van der Waals surface area contributed by atoms with Crippen LogP contribution < -0.4 is 10.2 Å². The number of hydrogen-bond acceptors (Lipinski definition) is 11. The molecule has 1 aliphatic rings. The van der Waals surface area contributed by atoms with Crippen molar-refractivity contribution in [2.24, 2.45) is 10.2 Å². The highest BCUT2D eigenvalue weighted by Crippen LogP contribution is 2.34. The molecule has 1 saturated heterocycles. The number of nitrogens with one attached hydrogen (secondary N) is 1. The van der Waals surface area contributed by atoms with Crippen LogP contribution in [0.2, 0.25) is 0 Å². The summed E-state index contributed by atoms with van der Waals surface area (Å²) >= 11 is 1.01. The highest BCUT2D eigenvalue weighted by atomic mass is 32.2. The van der Waals surface area contributed by atoms with Gasteiger partial charge in [-0.2, -0.15) is 5.10 Å². The fourth-order valence-electron chi connectivity index (χ4n) is 3.07. The van der Waals surface area contributed by atoms with Crippen molar-refractivity contribution in [2.45, 2.75) is 6.92 Å². The van der Waals surface area contributed by atoms with Crippen molar-refractivity contribution in [3.8, 4) is 0 Å². The minimum Gasteiger partial charge on any atom is -0.466 e. The van der Waals surface area contributed by atoms with E-state index in [0.717, 1.165) is 23.9 Å². The Labute approximate surface area is 222 Å². The molecule has 0 unspecified atom stereocenters. The second-order valence-corrected chi connectivity index (χ2v) is 8.46. The maximum absolute atomic E-state index is 13.0. The first-order valence-electron chi connectivity index (χ1n) is 11.0. The van der Waals surface area contributed by atoms with Crippen molar-refractivity contribution in [3.05, 3.63) is 82.9 Å². The molecule has 12 heteroatoms. The molecule has 1 heterocycles. The third-order valence-electron chi connectivity index (χ3n) is 5.01. The van der Waals surface area contributed by atoms with E-state index in [1.165, 1.54) is 26.2 Å². The van der Waals surface area contributed by atoms with E-state index in [4.69, 9.17) is 0 Å². The molecule has 0 bridgehead atoms. The van der Waals surface area contributed by atoms with E-state index in [1.54, 1.807) is 55.5 Å². The lowest BCUT2D eigenvalue weighted by Gasteiger charge is -2.14. The Bertz CT molecular complexity index is 1350. The Morgan fingerprint density at radius 1 is 0.921 bits per heavy atom. The first-order chi connectivity index (χ1) is 18.3. The fraction of sp³-hybridized carbons (Fsp3) is 0.154. The second kappa shape index (κ2) is 13.0. The summed E-state index contributed by atoms with van der Waals surface area (Å²) in [4.78, 5) is 49.7. The van der Waals surface area contributed by atoms with Crippen molar-refractivity contribution in [2.75, 3.05) is 31.5 Å². The predicted molar refractivity (Wildman–Crippen MR) is 143 cm³/mol. The molecule has 2 aromatic carbocycles. The molecule has 38 heavy (non-hydrogen) atoms. The van der Waals surface area contributed by atoms with E-state index < -0.39 is 23.8 Å². The van der Waals surface area contributed by atoms with Gasteiger partial charge in [0.2, 0.25) is 5.17 Å². The van der Waals surface area contributed by atoms with Gasteiger partial charge in [-0.15, -0.1) is 5.10 Å². The summed E-state index contributed by atoms with van der Waals surface area (Å²) in [6.07, 6.45) is 2.11. The summed E-state index contributed by atoms with van der Waals surface area (Å²) in [5, 5.41) is 11.6. The molecule has 0 radical (unpaired) electrons. The Balaban J connectivity index is 1.86. The number of benzene rings is 2. The molecule has 1 aliphatic heterocycles. The zero-order chi connectivity index (χ0) is 27.7. The Morgan fingerprint density at radius 2 is 1.58 bits per heavy atom. The number of anilines is 2. The summed E-state index contributed by atoms with van der Waals surface area (Å²) in [5.74, 6) is -2.52. The number of carbonyl (C=O) groups is 4. The first kappa shape index (κ1) is 27.9. The van der Waals surface area contributed by atoms with Crippen molar-refractivity contribution in [1.29, 1.82) is 0 Å². The summed E-state index contributed by atoms with van der Waals surface area (Å²) < 4.78 is 13.9. The molecule has 1 amide bonds. The van der Waals surface area contributed by atoms with Crippen LogP contribution in [0.1, 0.15) is 12.5 Å². The molecular weight excluding hydrogens is 512 g/mol. The molecule has 0 aromatic heterocycles. The van der Waals surface area contributed by atoms with Gasteiger partial charge in [0.25, 0.3) is 5.91 Å². The van der Waals surface area contributed by atoms with Crippen molar-refractivity contribution in [1.82, 2.24) is 0 Å². The molecule has 1 N–H and O–H groups in total. The van der Waals surface area contributed by atoms with Gasteiger partial charge in [0, 0.05) is 11.8 Å². The number of thioether (sulfide) groups is 1. The lowest BCUT2D eigenvalue weighted by atomic mass is 10.1. The van der Waals surface area contributed by atoms with Crippen molar-refractivity contribution in [3.63, 3.8) is 0 Å². The SMILES string of the molecule is COC(=O)/C=C(\Nc1ccc(/C(C)=N/N=C2\S/C(=C\C(=O)OC)C(=O)N2c2ccccc2)cc1)C(=O)OC. The topological polar surface area (TPSA) is 136 Å². The number of ether oxygens (including phenoxy) is 3. The number of esters is 3. The fourth-order valence-corrected chi connectivity index (χ4v) is 3.96. The summed E-state index contributed by atoms with van der Waals surface area (Å²) in [6, 6.07) is 15.7. The quantitative estimate of drug-likeness (QED) is 0.177. The van der Waals surface area contributed by atoms with Crippen LogP contribution in [0, 0.1) is 0 Å². The third-order valence-corrected chi connectivity index (χ3v) is 5.97. The van der Waals surface area contributed by atoms with Crippen LogP contribution in [-0.4, -0.2) is 56.0 Å². The Kier molecular flexibility index (Phi) is 9.54. The van der Waals surface area contributed by atoms with Crippen LogP contribution in [0.4, 0.5) is 11.4 Å². The average Bonchev–Trinajstić information content (AvgIpc) is 3.25. The molecule has 196 valence electrons. The van der Waals surface area contributed by atoms with Gasteiger partial charge in [-0.1, -0.05) is 30.3 Å². The Hall–Kier alpha value is -4.71. The van der Waals surface area contributed by atoms with E-state index in [0.29, 0.717) is 22.6 Å². The predicted octanol–water partition coefficient (Wildman–Crippen LogP) is 3.25. The number of carbonyl (C=O) groups excluding carboxylic acids is 4. The zero-order valence-electron chi connectivity index (χ0n) is 21.0. The molecule has 2 aromatic rings. The lowest BCUT2D eigenvalue weighted by molar-refractivity contribution is -0.138. The van der Waals surface area contributed by atoms with Gasteiger partial charge in [0.1, 0.15) is 5.70 Å². The molecule has 0 spiro atoms. The number of para-hydroxylation sites is 1. The minimum atomic E-state index is -0.736. The summed E-state index contributed by atoms with van der Waals surface area (Å²) in [6.45, 7) is 1.74. The van der Waals surface area contributed by atoms with E-state index in [1.807, 2.05) is 6.07 Å². The smallest absolute Gasteiger partial charge is 0.354 e. The standard InChI is InChI=1S/C26H24N4O7S/c1-16(17-10-12-18(13-11-17)27-20(25(34)37-4)14-22(31)35-2)28-29-26-30(19-8-6-5-7-9-19)24(33)21(38-26)15-23(32)36-3/h5-15,27H,1-4H3/b20-14-,21-15-,28-16+,29-26-. The van der Waals surface area contributed by atoms with Crippen molar-refractivity contribution < 1.29 is 33.4 Å². The maximum atomic E-state index is 13.0. The van der Waals surface area contributed by atoms with Gasteiger partial charge in [-0.3, -0.25) is 9.69 Å². The van der Waals surface area contributed by atoms with Crippen LogP contribution in [0.3, 0.4) is 0 Å². The average molecular weight is 537 g/mol. The maximum Gasteiger partial charge on any atom is 0.354 e. The molecule has 3 rings (SSSR count). The highest BCUT2D eigenvalue weighted by molar-refractivity contribution is 8.19. The van der Waals surface area contributed by atoms with Crippen LogP contribution in [0.25, 0.3) is 0 Å². The monoisotopic (exact) mass is 536 g/mol. The van der Waals surface area contributed by atoms with Gasteiger partial charge < -0.3 is 19.5 Å². The summed E-state index contributed by atoms with van der Waals surface area (Å²) in [7, 11) is 3.62. The molecule has 1 fully saturated rings. The number of hydrogen-bond donors (Lipinski definition) is 1. The molecule has 0 atom stereocenters. The van der Waals surface area contributed by atoms with Crippen LogP contribution in [0.15, 0.2) is 87.6 Å². The van der Waals surface area contributed by atoms with E-state index in [2.05, 4.69) is 29.7 Å². The minimum absolute atomic E-state index is 0.0939. The highest BCUT2D eigenvalue weighted by Gasteiger charge is 2.35. The van der Waals surface area contributed by atoms with Crippen LogP contribution in [-0.2, 0) is 33.4 Å². The first-order valence-corrected chi connectivity index (χ1v) is 11.8. The van der Waals surface area contributed by atoms with Gasteiger partial charge in [-0.05, 0) is 48.5 Å². The van der Waals surface area contributed by atoms with Crippen LogP contribution in [0.5, 0.6) is 0 Å². The van der Waals surface area contributed by atoms with Gasteiger partial charge in [0.15, 0.2) is 0 Å². The van der Waals surface area contributed by atoms with E-state index in [-0.39, 0.29) is 15.8 Å². The van der Waals surface area contributed by atoms with Gasteiger partial charge >= 0.3 is 17.9 Å². The number of rotatable bonds is 8. The number of amidine groups is 1. The Morgan fingerprint density at radius 3 is 2.18 bits per heavy atom. The molecule has 0 aliphatic carbocycles. The van der Waals surface area contributed by atoms with Gasteiger partial charge in [-0.25, -0.2) is 14.4 Å². The molecule has 0 saturated carbocycles. The van der Waals surface area contributed by atoms with Crippen molar-refractivity contribution >= 4 is 57.8 Å². The van der Waals surface area contributed by atoms with Gasteiger partial charge in [0.05, 0.1) is 43.7 Å². The second-order valence-electron chi connectivity index (χ2n) is 7.45. The zero-order valence-corrected chi connectivity index (χ0v) is 21.8. The number of amides is 1. The number of methoxy groups -OCH3 is 3.